The maximum absolute atomic E-state index is 12.2. The van der Waals surface area contributed by atoms with Crippen LogP contribution < -0.4 is 0 Å². The Hall–Kier alpha value is -2.24. The van der Waals surface area contributed by atoms with E-state index in [0.29, 0.717) is 19.4 Å². The average Bonchev–Trinajstić information content (AvgIpc) is 2.41. The smallest absolute Gasteiger partial charge is 0.308 e. The summed E-state index contributed by atoms with van der Waals surface area (Å²) >= 11 is 0. The summed E-state index contributed by atoms with van der Waals surface area (Å²) in [4.78, 5) is 24.6. The van der Waals surface area contributed by atoms with Gasteiger partial charge in [0.1, 0.15) is 11.5 Å². The molecule has 1 saturated heterocycles. The molecule has 6 heteroatoms. The second-order valence-electron chi connectivity index (χ2n) is 4.63. The zero-order chi connectivity index (χ0) is 14.0. The van der Waals surface area contributed by atoms with Gasteiger partial charge in [0.25, 0.3) is 5.91 Å². The van der Waals surface area contributed by atoms with Gasteiger partial charge >= 0.3 is 5.97 Å². The summed E-state index contributed by atoms with van der Waals surface area (Å²) in [5, 5.41) is 28.0. The Morgan fingerprint density at radius 2 is 2.00 bits per heavy atom. The molecular formula is C13H15NO5. The number of benzene rings is 1. The molecule has 1 unspecified atom stereocenters. The van der Waals surface area contributed by atoms with Gasteiger partial charge in [0.2, 0.25) is 0 Å². The number of piperidine rings is 1. The number of phenolic OH excluding ortho intramolecular Hbond substituents is 2. The first-order valence-corrected chi connectivity index (χ1v) is 6.03. The van der Waals surface area contributed by atoms with Crippen molar-refractivity contribution < 1.29 is 24.9 Å². The van der Waals surface area contributed by atoms with Crippen molar-refractivity contribution in [1.29, 1.82) is 0 Å². The summed E-state index contributed by atoms with van der Waals surface area (Å²) < 4.78 is 0. The number of hydrogen-bond donors (Lipinski definition) is 3. The van der Waals surface area contributed by atoms with Gasteiger partial charge in [0, 0.05) is 13.1 Å². The number of aromatic hydroxyl groups is 2. The minimum Gasteiger partial charge on any atom is -0.508 e. The number of likely N-dealkylation sites (tertiary alicyclic amines) is 1. The third kappa shape index (κ3) is 2.78. The Morgan fingerprint density at radius 3 is 2.68 bits per heavy atom. The largest absolute Gasteiger partial charge is 0.508 e. The lowest BCUT2D eigenvalue weighted by atomic mass is 9.97. The van der Waals surface area contributed by atoms with Gasteiger partial charge in [-0.1, -0.05) is 0 Å². The van der Waals surface area contributed by atoms with E-state index in [4.69, 9.17) is 5.11 Å². The second-order valence-corrected chi connectivity index (χ2v) is 4.63. The Kier molecular flexibility index (Phi) is 3.59. The molecule has 0 saturated carbocycles. The Morgan fingerprint density at radius 1 is 1.26 bits per heavy atom. The lowest BCUT2D eigenvalue weighted by molar-refractivity contribution is -0.143. The molecule has 1 fully saturated rings. The van der Waals surface area contributed by atoms with Gasteiger partial charge in [-0.15, -0.1) is 0 Å². The number of rotatable bonds is 2. The quantitative estimate of drug-likeness (QED) is 0.694. The van der Waals surface area contributed by atoms with Gasteiger partial charge in [-0.25, -0.2) is 0 Å². The highest BCUT2D eigenvalue weighted by Crippen LogP contribution is 2.26. The van der Waals surface area contributed by atoms with Crippen molar-refractivity contribution in [2.75, 3.05) is 13.1 Å². The van der Waals surface area contributed by atoms with Crippen LogP contribution in [-0.2, 0) is 4.79 Å². The highest BCUT2D eigenvalue weighted by Gasteiger charge is 2.29. The van der Waals surface area contributed by atoms with Crippen molar-refractivity contribution in [3.63, 3.8) is 0 Å². The van der Waals surface area contributed by atoms with Gasteiger partial charge in [-0.3, -0.25) is 9.59 Å². The van der Waals surface area contributed by atoms with E-state index < -0.39 is 17.8 Å². The van der Waals surface area contributed by atoms with E-state index in [-0.39, 0.29) is 23.6 Å². The summed E-state index contributed by atoms with van der Waals surface area (Å²) in [6, 6.07) is 3.70. The van der Waals surface area contributed by atoms with Gasteiger partial charge in [0.05, 0.1) is 11.5 Å². The molecule has 19 heavy (non-hydrogen) atoms. The van der Waals surface area contributed by atoms with E-state index in [1.807, 2.05) is 0 Å². The van der Waals surface area contributed by atoms with Crippen LogP contribution >= 0.6 is 0 Å². The van der Waals surface area contributed by atoms with Crippen molar-refractivity contribution in [2.24, 2.45) is 5.92 Å². The maximum Gasteiger partial charge on any atom is 0.308 e. The molecule has 1 aromatic rings. The van der Waals surface area contributed by atoms with E-state index in [9.17, 15) is 19.8 Å². The number of phenols is 2. The summed E-state index contributed by atoms with van der Waals surface area (Å²) in [6.45, 7) is 0.584. The van der Waals surface area contributed by atoms with Crippen LogP contribution in [0, 0.1) is 5.92 Å². The summed E-state index contributed by atoms with van der Waals surface area (Å²) in [5.74, 6) is -2.29. The summed E-state index contributed by atoms with van der Waals surface area (Å²) in [6.07, 6.45) is 1.16. The molecule has 0 bridgehead atoms. The van der Waals surface area contributed by atoms with Crippen molar-refractivity contribution in [3.8, 4) is 11.5 Å². The molecule has 1 aromatic carbocycles. The summed E-state index contributed by atoms with van der Waals surface area (Å²) in [7, 11) is 0. The fourth-order valence-corrected chi connectivity index (χ4v) is 2.23. The third-order valence-corrected chi connectivity index (χ3v) is 3.27. The van der Waals surface area contributed by atoms with Crippen molar-refractivity contribution >= 4 is 11.9 Å². The predicted molar refractivity (Wildman–Crippen MR) is 66.0 cm³/mol. The van der Waals surface area contributed by atoms with Crippen molar-refractivity contribution in [3.05, 3.63) is 23.8 Å². The first-order chi connectivity index (χ1) is 8.99. The Labute approximate surface area is 109 Å². The van der Waals surface area contributed by atoms with Gasteiger partial charge in [-0.2, -0.15) is 0 Å². The zero-order valence-electron chi connectivity index (χ0n) is 10.2. The fraction of sp³-hybridized carbons (Fsp3) is 0.385. The Balaban J connectivity index is 2.19. The van der Waals surface area contributed by atoms with Gasteiger partial charge < -0.3 is 20.2 Å². The zero-order valence-corrected chi connectivity index (χ0v) is 10.2. The minimum absolute atomic E-state index is 0.00830. The molecule has 0 aliphatic carbocycles. The SMILES string of the molecule is O=C(O)C1CCCN(C(=O)c2cc(O)ccc2O)C1. The maximum atomic E-state index is 12.2. The molecule has 102 valence electrons. The normalized spacial score (nSPS) is 19.2. The van der Waals surface area contributed by atoms with Crippen LogP contribution in [0.3, 0.4) is 0 Å². The molecule has 1 aliphatic heterocycles. The molecule has 2 rings (SSSR count). The molecule has 1 amide bonds. The van der Waals surface area contributed by atoms with E-state index in [0.717, 1.165) is 0 Å². The topological polar surface area (TPSA) is 98.1 Å². The number of nitrogens with zero attached hydrogens (tertiary/aromatic N) is 1. The number of aliphatic carboxylic acids is 1. The lowest BCUT2D eigenvalue weighted by Crippen LogP contribution is -2.42. The standard InChI is InChI=1S/C13H15NO5/c15-9-3-4-11(16)10(6-9)12(17)14-5-1-2-8(7-14)13(18)19/h3-4,6,8,15-16H,1-2,5,7H2,(H,18,19). The van der Waals surface area contributed by atoms with E-state index >= 15 is 0 Å². The number of carboxylic acids is 1. The van der Waals surface area contributed by atoms with E-state index in [1.54, 1.807) is 0 Å². The monoisotopic (exact) mass is 265 g/mol. The molecule has 0 radical (unpaired) electrons. The molecule has 3 N–H and O–H groups in total. The molecule has 1 aliphatic rings. The number of carbonyl (C=O) groups excluding carboxylic acids is 1. The number of carboxylic acid groups (broad SMARTS) is 1. The van der Waals surface area contributed by atoms with Crippen LogP contribution in [0.5, 0.6) is 11.5 Å². The van der Waals surface area contributed by atoms with Crippen LogP contribution in [0.15, 0.2) is 18.2 Å². The van der Waals surface area contributed by atoms with Gasteiger partial charge in [0.15, 0.2) is 0 Å². The van der Waals surface area contributed by atoms with E-state index in [1.165, 1.54) is 23.1 Å². The third-order valence-electron chi connectivity index (χ3n) is 3.27. The van der Waals surface area contributed by atoms with Crippen molar-refractivity contribution in [2.45, 2.75) is 12.8 Å². The number of amides is 1. The highest BCUT2D eigenvalue weighted by molar-refractivity contribution is 5.97. The number of hydrogen-bond acceptors (Lipinski definition) is 4. The molecule has 1 atom stereocenters. The van der Waals surface area contributed by atoms with Crippen LogP contribution in [0.2, 0.25) is 0 Å². The molecule has 0 aromatic heterocycles. The first-order valence-electron chi connectivity index (χ1n) is 6.03. The van der Waals surface area contributed by atoms with Crippen LogP contribution in [0.4, 0.5) is 0 Å². The minimum atomic E-state index is -0.919. The van der Waals surface area contributed by atoms with Gasteiger partial charge in [-0.05, 0) is 31.0 Å². The summed E-state index contributed by atoms with van der Waals surface area (Å²) in [5.41, 5.74) is -0.00830. The van der Waals surface area contributed by atoms with Crippen molar-refractivity contribution in [1.82, 2.24) is 4.90 Å². The first kappa shape index (κ1) is 13.2. The average molecular weight is 265 g/mol. The van der Waals surface area contributed by atoms with Crippen LogP contribution in [0.1, 0.15) is 23.2 Å². The highest BCUT2D eigenvalue weighted by atomic mass is 16.4. The molecule has 0 spiro atoms. The molecular weight excluding hydrogens is 250 g/mol. The molecule has 6 nitrogen and oxygen atoms in total. The number of carbonyl (C=O) groups is 2. The lowest BCUT2D eigenvalue weighted by Gasteiger charge is -2.30. The second kappa shape index (κ2) is 5.17. The molecule has 1 heterocycles. The van der Waals surface area contributed by atoms with Crippen LogP contribution in [0.25, 0.3) is 0 Å². The van der Waals surface area contributed by atoms with Crippen LogP contribution in [-0.4, -0.2) is 45.2 Å². The fourth-order valence-electron chi connectivity index (χ4n) is 2.23. The van der Waals surface area contributed by atoms with E-state index in [2.05, 4.69) is 0 Å². The predicted octanol–water partition coefficient (Wildman–Crippen LogP) is 1.03. The Bertz CT molecular complexity index is 514.